The maximum absolute atomic E-state index is 13.6. The van der Waals surface area contributed by atoms with Crippen molar-refractivity contribution >= 4 is 23.5 Å². The molecule has 1 saturated carbocycles. The highest BCUT2D eigenvalue weighted by Crippen LogP contribution is 2.49. The number of carbonyl (C=O) groups is 2. The summed E-state index contributed by atoms with van der Waals surface area (Å²) in [6.07, 6.45) is 2.69. The molecule has 1 saturated heterocycles. The van der Waals surface area contributed by atoms with E-state index in [2.05, 4.69) is 41.4 Å². The van der Waals surface area contributed by atoms with Gasteiger partial charge < -0.3 is 14.7 Å². The molecule has 0 radical (unpaired) electrons. The molecule has 34 heavy (non-hydrogen) atoms. The van der Waals surface area contributed by atoms with Crippen LogP contribution in [0, 0.1) is 11.8 Å². The van der Waals surface area contributed by atoms with Crippen LogP contribution in [0.3, 0.4) is 0 Å². The number of carbonyl (C=O) groups excluding carboxylic acids is 2. The van der Waals surface area contributed by atoms with Crippen molar-refractivity contribution in [3.05, 3.63) is 71.4 Å². The second kappa shape index (κ2) is 7.60. The summed E-state index contributed by atoms with van der Waals surface area (Å²) in [6, 6.07) is 13.5. The molecule has 2 fully saturated rings. The number of thioether (sulfide) groups is 1. The lowest BCUT2D eigenvalue weighted by atomic mass is 9.92. The number of nitrogens with zero attached hydrogens (tertiary/aromatic N) is 3. The molecule has 7 nitrogen and oxygen atoms in total. The highest BCUT2D eigenvalue weighted by atomic mass is 32.2. The molecule has 1 amide bonds. The fraction of sp³-hybridized carbons (Fsp3) is 0.385. The minimum atomic E-state index is -1.38. The Morgan fingerprint density at radius 3 is 2.85 bits per heavy atom. The van der Waals surface area contributed by atoms with Crippen LogP contribution in [0.2, 0.25) is 0 Å². The normalized spacial score (nSPS) is 33.4. The van der Waals surface area contributed by atoms with Gasteiger partial charge >= 0.3 is 0 Å². The quantitative estimate of drug-likeness (QED) is 0.628. The van der Waals surface area contributed by atoms with Crippen molar-refractivity contribution in [2.75, 3.05) is 19.8 Å². The van der Waals surface area contributed by atoms with Crippen LogP contribution in [0.4, 0.5) is 0 Å². The van der Waals surface area contributed by atoms with E-state index in [1.807, 2.05) is 11.0 Å². The Balaban J connectivity index is 1.47. The molecule has 1 aliphatic carbocycles. The first kappa shape index (κ1) is 20.6. The number of ketones is 1. The molecule has 4 heterocycles. The van der Waals surface area contributed by atoms with Gasteiger partial charge in [0.1, 0.15) is 11.9 Å². The van der Waals surface area contributed by atoms with Crippen molar-refractivity contribution in [2.45, 2.75) is 35.3 Å². The van der Waals surface area contributed by atoms with Gasteiger partial charge in [0.05, 0.1) is 19.3 Å². The van der Waals surface area contributed by atoms with Gasteiger partial charge in [-0.1, -0.05) is 30.3 Å². The fourth-order valence-electron chi connectivity index (χ4n) is 5.83. The van der Waals surface area contributed by atoms with Crippen LogP contribution >= 0.6 is 11.8 Å². The molecule has 3 unspecified atom stereocenters. The van der Waals surface area contributed by atoms with Crippen molar-refractivity contribution in [1.29, 1.82) is 0 Å². The molecule has 0 spiro atoms. The Kier molecular flexibility index (Phi) is 4.59. The van der Waals surface area contributed by atoms with E-state index in [9.17, 15) is 14.7 Å². The van der Waals surface area contributed by atoms with Gasteiger partial charge in [-0.15, -0.1) is 11.8 Å². The minimum Gasteiger partial charge on any atom is -0.493 e. The zero-order valence-electron chi connectivity index (χ0n) is 18.5. The topological polar surface area (TPSA) is 73.3 Å². The van der Waals surface area contributed by atoms with Gasteiger partial charge in [-0.2, -0.15) is 5.01 Å². The van der Waals surface area contributed by atoms with Crippen molar-refractivity contribution in [1.82, 2.24) is 14.9 Å². The predicted octanol–water partition coefficient (Wildman–Crippen LogP) is 2.55. The van der Waals surface area contributed by atoms with E-state index in [4.69, 9.17) is 4.74 Å². The molecular formula is C26H25N3O4S. The third-order valence-electron chi connectivity index (χ3n) is 7.75. The summed E-state index contributed by atoms with van der Waals surface area (Å²) in [6.45, 7) is 1.64. The SMILES string of the molecule is O=C1C=CN2C(C(=O)N3C[C@H]4C[C@H]4COc4cccc5c4[C@@H](c4ccccc4SC5)N2C3)C1O. The van der Waals surface area contributed by atoms with Crippen LogP contribution in [-0.2, 0) is 15.3 Å². The first-order chi connectivity index (χ1) is 16.6. The van der Waals surface area contributed by atoms with Crippen LogP contribution in [0.25, 0.3) is 0 Å². The van der Waals surface area contributed by atoms with E-state index in [0.29, 0.717) is 31.7 Å². The number of fused-ring (bicyclic) bond motifs is 8. The first-order valence-corrected chi connectivity index (χ1v) is 12.8. The number of benzene rings is 2. The van der Waals surface area contributed by atoms with Gasteiger partial charge in [0, 0.05) is 35.0 Å². The molecule has 2 bridgehead atoms. The predicted molar refractivity (Wildman–Crippen MR) is 126 cm³/mol. The second-order valence-corrected chi connectivity index (χ2v) is 10.8. The molecule has 2 aromatic rings. The van der Waals surface area contributed by atoms with Crippen molar-refractivity contribution < 1.29 is 19.4 Å². The summed E-state index contributed by atoms with van der Waals surface area (Å²) in [5.74, 6) is 1.89. The molecule has 2 aromatic carbocycles. The lowest BCUT2D eigenvalue weighted by Gasteiger charge is -2.52. The maximum atomic E-state index is 13.6. The lowest BCUT2D eigenvalue weighted by Crippen LogP contribution is -2.68. The van der Waals surface area contributed by atoms with Gasteiger partial charge in [0.15, 0.2) is 11.8 Å². The number of aliphatic hydroxyl groups excluding tert-OH is 1. The number of rotatable bonds is 0. The summed E-state index contributed by atoms with van der Waals surface area (Å²) in [5.41, 5.74) is 3.44. The molecule has 6 atom stereocenters. The Morgan fingerprint density at radius 1 is 1.06 bits per heavy atom. The third kappa shape index (κ3) is 3.05. The smallest absolute Gasteiger partial charge is 0.251 e. The Bertz CT molecular complexity index is 1230. The molecule has 4 aliphatic heterocycles. The Morgan fingerprint density at radius 2 is 1.94 bits per heavy atom. The van der Waals surface area contributed by atoms with Crippen LogP contribution in [0.15, 0.2) is 59.6 Å². The molecular weight excluding hydrogens is 450 g/mol. The number of aliphatic hydroxyl groups is 1. The average Bonchev–Trinajstić information content (AvgIpc) is 3.61. The van der Waals surface area contributed by atoms with Gasteiger partial charge in [0.2, 0.25) is 0 Å². The van der Waals surface area contributed by atoms with Crippen LogP contribution in [0.5, 0.6) is 5.75 Å². The van der Waals surface area contributed by atoms with Gasteiger partial charge in [0.25, 0.3) is 5.91 Å². The Labute approximate surface area is 201 Å². The third-order valence-corrected chi connectivity index (χ3v) is 8.88. The molecule has 8 heteroatoms. The monoisotopic (exact) mass is 475 g/mol. The number of hydrazine groups is 1. The van der Waals surface area contributed by atoms with E-state index < -0.39 is 17.9 Å². The molecule has 0 aromatic heterocycles. The summed E-state index contributed by atoms with van der Waals surface area (Å²) in [4.78, 5) is 29.0. The largest absolute Gasteiger partial charge is 0.493 e. The zero-order chi connectivity index (χ0) is 23.0. The van der Waals surface area contributed by atoms with Crippen LogP contribution in [0.1, 0.15) is 29.2 Å². The number of hydrogen-bond donors (Lipinski definition) is 1. The van der Waals surface area contributed by atoms with Gasteiger partial charge in [-0.25, -0.2) is 0 Å². The zero-order valence-corrected chi connectivity index (χ0v) is 19.4. The summed E-state index contributed by atoms with van der Waals surface area (Å²) in [5, 5.41) is 14.8. The highest BCUT2D eigenvalue weighted by molar-refractivity contribution is 7.98. The van der Waals surface area contributed by atoms with Gasteiger partial charge in [-0.05, 0) is 41.5 Å². The molecule has 174 valence electrons. The fourth-order valence-corrected chi connectivity index (χ4v) is 6.91. The highest BCUT2D eigenvalue weighted by Gasteiger charge is 2.51. The first-order valence-electron chi connectivity index (χ1n) is 11.8. The second-order valence-electron chi connectivity index (χ2n) is 9.75. The number of amides is 1. The van der Waals surface area contributed by atoms with E-state index >= 15 is 0 Å². The number of ether oxygens (including phenoxy) is 1. The van der Waals surface area contributed by atoms with Gasteiger partial charge in [-0.3, -0.25) is 14.6 Å². The average molecular weight is 476 g/mol. The minimum absolute atomic E-state index is 0.183. The van der Waals surface area contributed by atoms with E-state index in [1.165, 1.54) is 16.5 Å². The van der Waals surface area contributed by atoms with E-state index in [1.54, 1.807) is 23.0 Å². The summed E-state index contributed by atoms with van der Waals surface area (Å²) < 4.78 is 6.46. The molecule has 5 aliphatic rings. The maximum Gasteiger partial charge on any atom is 0.251 e. The number of hydrogen-bond acceptors (Lipinski definition) is 7. The van der Waals surface area contributed by atoms with Crippen molar-refractivity contribution in [3.8, 4) is 5.75 Å². The van der Waals surface area contributed by atoms with Crippen molar-refractivity contribution in [3.63, 3.8) is 0 Å². The van der Waals surface area contributed by atoms with Crippen LogP contribution in [-0.4, -0.2) is 63.7 Å². The van der Waals surface area contributed by atoms with E-state index in [0.717, 1.165) is 29.1 Å². The molecule has 7 rings (SSSR count). The van der Waals surface area contributed by atoms with E-state index in [-0.39, 0.29) is 11.9 Å². The molecule has 1 N–H and O–H groups in total. The Hall–Kier alpha value is -2.81. The van der Waals surface area contributed by atoms with Crippen molar-refractivity contribution in [2.24, 2.45) is 11.8 Å². The lowest BCUT2D eigenvalue weighted by molar-refractivity contribution is -0.185. The summed E-state index contributed by atoms with van der Waals surface area (Å²) in [7, 11) is 0. The standard InChI is InChI=1S/C26H25N3O4S/c30-19-8-9-28-24(25(19)31)26(32)27-11-16-10-17(16)12-33-20-6-3-4-15-13-34-21-7-2-1-5-18(21)23(22(15)20)29(28)14-27/h1-9,16-17,23-25,31H,10-14H2/t16-,17+,23-,24?,25?/m1/s1. The summed E-state index contributed by atoms with van der Waals surface area (Å²) >= 11 is 1.80. The van der Waals surface area contributed by atoms with Crippen LogP contribution < -0.4 is 4.74 Å².